The zero-order chi connectivity index (χ0) is 13.8. The van der Waals surface area contributed by atoms with Crippen LogP contribution >= 0.6 is 0 Å². The van der Waals surface area contributed by atoms with Gasteiger partial charge in [-0.1, -0.05) is 60.2 Å². The molecule has 3 nitrogen and oxygen atoms in total. The standard InChI is InChI=1S/C17H21N3/c1-14-7-9-16(10-8-14)17(18-11-12-19-17)20-13-15-5-3-2-4-6-15/h2-10,18-20H,11-13H2,1H3. The fourth-order valence-corrected chi connectivity index (χ4v) is 2.63. The topological polar surface area (TPSA) is 36.1 Å². The van der Waals surface area contributed by atoms with Gasteiger partial charge in [0, 0.05) is 25.2 Å². The number of nitrogens with one attached hydrogen (secondary N) is 3. The van der Waals surface area contributed by atoms with Gasteiger partial charge in [0.2, 0.25) is 0 Å². The fourth-order valence-electron chi connectivity index (χ4n) is 2.63. The molecule has 0 spiro atoms. The van der Waals surface area contributed by atoms with E-state index >= 15 is 0 Å². The highest BCUT2D eigenvalue weighted by atomic mass is 15.4. The Morgan fingerprint density at radius 2 is 1.60 bits per heavy atom. The highest BCUT2D eigenvalue weighted by molar-refractivity contribution is 5.28. The molecule has 1 saturated heterocycles. The Hall–Kier alpha value is -1.68. The Morgan fingerprint density at radius 1 is 0.950 bits per heavy atom. The van der Waals surface area contributed by atoms with Crippen LogP contribution in [0.1, 0.15) is 16.7 Å². The lowest BCUT2D eigenvalue weighted by atomic mass is 10.1. The van der Waals surface area contributed by atoms with Crippen molar-refractivity contribution in [1.29, 1.82) is 0 Å². The van der Waals surface area contributed by atoms with Crippen molar-refractivity contribution < 1.29 is 0 Å². The lowest BCUT2D eigenvalue weighted by Crippen LogP contribution is -2.57. The van der Waals surface area contributed by atoms with Gasteiger partial charge in [0.25, 0.3) is 0 Å². The summed E-state index contributed by atoms with van der Waals surface area (Å²) >= 11 is 0. The number of hydrogen-bond acceptors (Lipinski definition) is 3. The minimum Gasteiger partial charge on any atom is -0.282 e. The fraction of sp³-hybridized carbons (Fsp3) is 0.294. The molecule has 1 fully saturated rings. The van der Waals surface area contributed by atoms with E-state index in [1.54, 1.807) is 0 Å². The molecule has 20 heavy (non-hydrogen) atoms. The molecule has 1 aliphatic rings. The van der Waals surface area contributed by atoms with Crippen LogP contribution in [0.25, 0.3) is 0 Å². The van der Waals surface area contributed by atoms with Gasteiger partial charge in [0.1, 0.15) is 0 Å². The zero-order valence-electron chi connectivity index (χ0n) is 11.8. The molecule has 0 saturated carbocycles. The first-order valence-electron chi connectivity index (χ1n) is 7.15. The van der Waals surface area contributed by atoms with E-state index in [9.17, 15) is 0 Å². The summed E-state index contributed by atoms with van der Waals surface area (Å²) < 4.78 is 0. The molecule has 0 bridgehead atoms. The van der Waals surface area contributed by atoms with Crippen molar-refractivity contribution in [3.63, 3.8) is 0 Å². The third-order valence-corrected chi connectivity index (χ3v) is 3.79. The first-order chi connectivity index (χ1) is 9.78. The summed E-state index contributed by atoms with van der Waals surface area (Å²) in [6.45, 7) is 4.88. The molecule has 0 amide bonds. The molecule has 104 valence electrons. The van der Waals surface area contributed by atoms with Gasteiger partial charge in [-0.3, -0.25) is 16.0 Å². The van der Waals surface area contributed by atoms with Gasteiger partial charge < -0.3 is 0 Å². The van der Waals surface area contributed by atoms with Crippen molar-refractivity contribution in [2.45, 2.75) is 19.3 Å². The Balaban J connectivity index is 1.79. The number of aryl methyl sites for hydroxylation is 1. The van der Waals surface area contributed by atoms with Crippen molar-refractivity contribution in [3.8, 4) is 0 Å². The quantitative estimate of drug-likeness (QED) is 0.794. The zero-order valence-corrected chi connectivity index (χ0v) is 11.8. The van der Waals surface area contributed by atoms with Gasteiger partial charge in [0.05, 0.1) is 0 Å². The van der Waals surface area contributed by atoms with E-state index in [0.717, 1.165) is 19.6 Å². The number of hydrogen-bond donors (Lipinski definition) is 3. The predicted octanol–water partition coefficient (Wildman–Crippen LogP) is 2.09. The maximum atomic E-state index is 3.62. The third kappa shape index (κ3) is 2.75. The molecule has 3 heteroatoms. The smallest absolute Gasteiger partial charge is 0.150 e. The van der Waals surface area contributed by atoms with E-state index in [-0.39, 0.29) is 5.79 Å². The lowest BCUT2D eigenvalue weighted by Gasteiger charge is -2.32. The van der Waals surface area contributed by atoms with Crippen molar-refractivity contribution in [1.82, 2.24) is 16.0 Å². The lowest BCUT2D eigenvalue weighted by molar-refractivity contribution is 0.262. The summed E-state index contributed by atoms with van der Waals surface area (Å²) in [4.78, 5) is 0. The van der Waals surface area contributed by atoms with E-state index < -0.39 is 0 Å². The van der Waals surface area contributed by atoms with E-state index in [0.29, 0.717) is 0 Å². The summed E-state index contributed by atoms with van der Waals surface area (Å²) in [5.74, 6) is -0.316. The molecule has 0 atom stereocenters. The summed E-state index contributed by atoms with van der Waals surface area (Å²) in [7, 11) is 0. The van der Waals surface area contributed by atoms with Crippen LogP contribution < -0.4 is 16.0 Å². The van der Waals surface area contributed by atoms with Crippen LogP contribution in [-0.2, 0) is 12.3 Å². The maximum Gasteiger partial charge on any atom is 0.150 e. The first kappa shape index (κ1) is 13.3. The van der Waals surface area contributed by atoms with Gasteiger partial charge in [0.15, 0.2) is 5.79 Å². The summed E-state index contributed by atoms with van der Waals surface area (Å²) in [6.07, 6.45) is 0. The average molecular weight is 267 g/mol. The SMILES string of the molecule is Cc1ccc(C2(NCc3ccccc3)NCCN2)cc1. The molecule has 0 radical (unpaired) electrons. The van der Waals surface area contributed by atoms with E-state index in [4.69, 9.17) is 0 Å². The van der Waals surface area contributed by atoms with Crippen LogP contribution in [0.15, 0.2) is 54.6 Å². The molecule has 3 rings (SSSR count). The highest BCUT2D eigenvalue weighted by Gasteiger charge is 2.34. The van der Waals surface area contributed by atoms with Crippen molar-refractivity contribution in [2.24, 2.45) is 0 Å². The Bertz CT molecular complexity index is 542. The highest BCUT2D eigenvalue weighted by Crippen LogP contribution is 2.19. The van der Waals surface area contributed by atoms with Gasteiger partial charge in [-0.2, -0.15) is 0 Å². The molecule has 1 heterocycles. The van der Waals surface area contributed by atoms with Crippen LogP contribution in [0.3, 0.4) is 0 Å². The number of benzene rings is 2. The molecular formula is C17H21N3. The number of rotatable bonds is 4. The average Bonchev–Trinajstić information content (AvgIpc) is 2.97. The molecule has 2 aromatic carbocycles. The summed E-state index contributed by atoms with van der Waals surface area (Å²) in [5, 5.41) is 10.7. The Morgan fingerprint density at radius 3 is 2.25 bits per heavy atom. The second kappa shape index (κ2) is 5.75. The molecule has 0 aromatic heterocycles. The second-order valence-corrected chi connectivity index (χ2v) is 5.31. The maximum absolute atomic E-state index is 3.62. The van der Waals surface area contributed by atoms with Crippen molar-refractivity contribution >= 4 is 0 Å². The molecule has 0 aliphatic carbocycles. The van der Waals surface area contributed by atoms with E-state index in [1.165, 1.54) is 16.7 Å². The van der Waals surface area contributed by atoms with Crippen LogP contribution in [0.4, 0.5) is 0 Å². The Labute approximate surface area is 120 Å². The monoisotopic (exact) mass is 267 g/mol. The normalized spacial score (nSPS) is 17.2. The molecule has 0 unspecified atom stereocenters. The van der Waals surface area contributed by atoms with Gasteiger partial charge in [-0.15, -0.1) is 0 Å². The summed E-state index contributed by atoms with van der Waals surface area (Å²) in [6, 6.07) is 19.2. The van der Waals surface area contributed by atoms with E-state index in [2.05, 4.69) is 71.4 Å². The Kier molecular flexibility index (Phi) is 3.83. The second-order valence-electron chi connectivity index (χ2n) is 5.31. The third-order valence-electron chi connectivity index (χ3n) is 3.79. The van der Waals surface area contributed by atoms with E-state index in [1.807, 2.05) is 6.07 Å². The van der Waals surface area contributed by atoms with Gasteiger partial charge >= 0.3 is 0 Å². The van der Waals surface area contributed by atoms with Crippen LogP contribution in [-0.4, -0.2) is 13.1 Å². The minimum absolute atomic E-state index is 0.316. The van der Waals surface area contributed by atoms with Gasteiger partial charge in [-0.25, -0.2) is 0 Å². The van der Waals surface area contributed by atoms with Gasteiger partial charge in [-0.05, 0) is 12.5 Å². The van der Waals surface area contributed by atoms with Crippen LogP contribution in [0, 0.1) is 6.92 Å². The minimum atomic E-state index is -0.316. The van der Waals surface area contributed by atoms with Crippen LogP contribution in [0.5, 0.6) is 0 Å². The van der Waals surface area contributed by atoms with Crippen molar-refractivity contribution in [2.75, 3.05) is 13.1 Å². The largest absolute Gasteiger partial charge is 0.282 e. The van der Waals surface area contributed by atoms with Crippen LogP contribution in [0.2, 0.25) is 0 Å². The summed E-state index contributed by atoms with van der Waals surface area (Å²) in [5.41, 5.74) is 3.80. The molecule has 1 aliphatic heterocycles. The molecular weight excluding hydrogens is 246 g/mol. The van der Waals surface area contributed by atoms with Crippen molar-refractivity contribution in [3.05, 3.63) is 71.3 Å². The predicted molar refractivity (Wildman–Crippen MR) is 82.1 cm³/mol. The molecule has 3 N–H and O–H groups in total. The molecule has 2 aromatic rings. The first-order valence-corrected chi connectivity index (χ1v) is 7.15.